The van der Waals surface area contributed by atoms with Crippen LogP contribution in [-0.2, 0) is 22.6 Å². The van der Waals surface area contributed by atoms with Crippen LogP contribution < -0.4 is 5.32 Å². The van der Waals surface area contributed by atoms with Crippen LogP contribution in [0.4, 0.5) is 0 Å². The van der Waals surface area contributed by atoms with Gasteiger partial charge in [-0.15, -0.1) is 21.5 Å². The first-order valence-corrected chi connectivity index (χ1v) is 10.0. The number of ether oxygens (including phenoxy) is 1. The van der Waals surface area contributed by atoms with Crippen molar-refractivity contribution in [1.82, 2.24) is 20.1 Å². The van der Waals surface area contributed by atoms with E-state index in [1.807, 2.05) is 52.4 Å². The zero-order chi connectivity index (χ0) is 18.2. The van der Waals surface area contributed by atoms with E-state index < -0.39 is 0 Å². The van der Waals surface area contributed by atoms with Crippen molar-refractivity contribution in [2.45, 2.75) is 18.2 Å². The number of thiophene rings is 1. The van der Waals surface area contributed by atoms with Gasteiger partial charge in [-0.25, -0.2) is 0 Å². The molecule has 1 amide bonds. The van der Waals surface area contributed by atoms with Crippen molar-refractivity contribution >= 4 is 29.0 Å². The molecule has 1 N–H and O–H groups in total. The summed E-state index contributed by atoms with van der Waals surface area (Å²) in [7, 11) is 1.66. The molecular formula is C18H20N4O2S2. The lowest BCUT2D eigenvalue weighted by Gasteiger charge is -2.09. The van der Waals surface area contributed by atoms with E-state index in [-0.39, 0.29) is 5.91 Å². The van der Waals surface area contributed by atoms with Crippen LogP contribution in [0.25, 0.3) is 11.4 Å². The van der Waals surface area contributed by atoms with Gasteiger partial charge < -0.3 is 10.1 Å². The third-order valence-electron chi connectivity index (χ3n) is 3.64. The van der Waals surface area contributed by atoms with Crippen LogP contribution in [0.1, 0.15) is 4.88 Å². The molecule has 0 saturated carbocycles. The summed E-state index contributed by atoms with van der Waals surface area (Å²) in [5, 5.41) is 14.2. The van der Waals surface area contributed by atoms with E-state index in [0.717, 1.165) is 16.3 Å². The summed E-state index contributed by atoms with van der Waals surface area (Å²) in [5.74, 6) is 1.06. The van der Waals surface area contributed by atoms with Gasteiger partial charge in [0, 0.05) is 17.6 Å². The summed E-state index contributed by atoms with van der Waals surface area (Å²) in [5.41, 5.74) is 0.991. The Hall–Kier alpha value is -2.16. The highest BCUT2D eigenvalue weighted by molar-refractivity contribution is 7.99. The molecule has 0 aliphatic heterocycles. The standard InChI is InChI=1S/C18H20N4O2S2/c1-24-10-9-22-17(14-6-3-2-4-7-14)20-21-18(22)26-13-16(23)19-12-15-8-5-11-25-15/h2-8,11H,9-10,12-13H2,1H3,(H,19,23). The average Bonchev–Trinajstić information content (AvgIpc) is 3.33. The van der Waals surface area contributed by atoms with Crippen LogP contribution >= 0.6 is 23.1 Å². The van der Waals surface area contributed by atoms with E-state index in [9.17, 15) is 4.79 Å². The number of thioether (sulfide) groups is 1. The monoisotopic (exact) mass is 388 g/mol. The van der Waals surface area contributed by atoms with Crippen LogP contribution in [0, 0.1) is 0 Å². The Balaban J connectivity index is 1.65. The van der Waals surface area contributed by atoms with Crippen molar-refractivity contribution in [1.29, 1.82) is 0 Å². The molecule has 2 aromatic heterocycles. The number of nitrogens with one attached hydrogen (secondary N) is 1. The van der Waals surface area contributed by atoms with Crippen molar-refractivity contribution in [2.75, 3.05) is 19.5 Å². The largest absolute Gasteiger partial charge is 0.383 e. The maximum Gasteiger partial charge on any atom is 0.230 e. The molecule has 0 fully saturated rings. The summed E-state index contributed by atoms with van der Waals surface area (Å²) < 4.78 is 7.20. The molecule has 136 valence electrons. The fourth-order valence-corrected chi connectivity index (χ4v) is 3.80. The first kappa shape index (κ1) is 18.6. The van der Waals surface area contributed by atoms with Gasteiger partial charge in [0.2, 0.25) is 5.91 Å². The molecule has 0 aliphatic carbocycles. The van der Waals surface area contributed by atoms with E-state index in [4.69, 9.17) is 4.74 Å². The van der Waals surface area contributed by atoms with Gasteiger partial charge in [-0.3, -0.25) is 9.36 Å². The van der Waals surface area contributed by atoms with Crippen LogP contribution in [0.5, 0.6) is 0 Å². The summed E-state index contributed by atoms with van der Waals surface area (Å²) in [6, 6.07) is 13.9. The van der Waals surface area contributed by atoms with Crippen LogP contribution in [0.3, 0.4) is 0 Å². The third kappa shape index (κ3) is 4.94. The number of methoxy groups -OCH3 is 1. The summed E-state index contributed by atoms with van der Waals surface area (Å²) >= 11 is 3.01. The number of rotatable bonds is 9. The SMILES string of the molecule is COCCn1c(SCC(=O)NCc2cccs2)nnc1-c1ccccc1. The number of benzene rings is 1. The van der Waals surface area contributed by atoms with Crippen molar-refractivity contribution in [3.63, 3.8) is 0 Å². The van der Waals surface area contributed by atoms with Gasteiger partial charge in [0.05, 0.1) is 25.4 Å². The molecule has 0 radical (unpaired) electrons. The van der Waals surface area contributed by atoms with Crippen molar-refractivity contribution in [3.05, 3.63) is 52.7 Å². The van der Waals surface area contributed by atoms with Crippen LogP contribution in [-0.4, -0.2) is 40.1 Å². The van der Waals surface area contributed by atoms with Gasteiger partial charge in [-0.1, -0.05) is 48.2 Å². The van der Waals surface area contributed by atoms with E-state index in [1.165, 1.54) is 11.8 Å². The molecule has 6 nitrogen and oxygen atoms in total. The summed E-state index contributed by atoms with van der Waals surface area (Å²) in [6.45, 7) is 1.74. The van der Waals surface area contributed by atoms with Crippen molar-refractivity contribution in [2.24, 2.45) is 0 Å². The second-order valence-corrected chi connectivity index (χ2v) is 7.44. The molecule has 3 aromatic rings. The molecule has 2 heterocycles. The van der Waals surface area contributed by atoms with Gasteiger partial charge >= 0.3 is 0 Å². The number of carbonyl (C=O) groups excluding carboxylic acids is 1. The topological polar surface area (TPSA) is 69.0 Å². The predicted molar refractivity (Wildman–Crippen MR) is 104 cm³/mol. The molecule has 0 saturated heterocycles. The Labute approximate surface area is 160 Å². The maximum absolute atomic E-state index is 12.1. The zero-order valence-electron chi connectivity index (χ0n) is 14.4. The molecule has 0 atom stereocenters. The predicted octanol–water partition coefficient (Wildman–Crippen LogP) is 3.06. The summed E-state index contributed by atoms with van der Waals surface area (Å²) in [4.78, 5) is 13.2. The normalized spacial score (nSPS) is 10.8. The highest BCUT2D eigenvalue weighted by Crippen LogP contribution is 2.23. The molecule has 0 bridgehead atoms. The Kier molecular flexibility index (Phi) is 6.82. The van der Waals surface area contributed by atoms with E-state index >= 15 is 0 Å². The number of aromatic nitrogens is 3. The second-order valence-electron chi connectivity index (χ2n) is 5.46. The van der Waals surface area contributed by atoms with Crippen LogP contribution in [0.2, 0.25) is 0 Å². The Morgan fingerprint density at radius 2 is 2.08 bits per heavy atom. The lowest BCUT2D eigenvalue weighted by Crippen LogP contribution is -2.24. The minimum atomic E-state index is -0.0223. The number of hydrogen-bond acceptors (Lipinski definition) is 6. The zero-order valence-corrected chi connectivity index (χ0v) is 16.1. The fraction of sp³-hybridized carbons (Fsp3) is 0.278. The quantitative estimate of drug-likeness (QED) is 0.571. The van der Waals surface area contributed by atoms with Gasteiger partial charge in [-0.2, -0.15) is 0 Å². The Morgan fingerprint density at radius 1 is 1.23 bits per heavy atom. The molecule has 1 aromatic carbocycles. The smallest absolute Gasteiger partial charge is 0.230 e. The lowest BCUT2D eigenvalue weighted by atomic mass is 10.2. The van der Waals surface area contributed by atoms with Crippen molar-refractivity contribution in [3.8, 4) is 11.4 Å². The van der Waals surface area contributed by atoms with E-state index in [1.54, 1.807) is 18.4 Å². The number of hydrogen-bond donors (Lipinski definition) is 1. The third-order valence-corrected chi connectivity index (χ3v) is 5.48. The molecule has 0 aliphatic rings. The highest BCUT2D eigenvalue weighted by Gasteiger charge is 2.15. The highest BCUT2D eigenvalue weighted by atomic mass is 32.2. The maximum atomic E-state index is 12.1. The summed E-state index contributed by atoms with van der Waals surface area (Å²) in [6.07, 6.45) is 0. The minimum absolute atomic E-state index is 0.0223. The molecule has 0 unspecified atom stereocenters. The first-order chi connectivity index (χ1) is 12.8. The first-order valence-electron chi connectivity index (χ1n) is 8.17. The number of carbonyl (C=O) groups is 1. The molecule has 0 spiro atoms. The number of amides is 1. The van der Waals surface area contributed by atoms with E-state index in [0.29, 0.717) is 30.6 Å². The molecule has 26 heavy (non-hydrogen) atoms. The minimum Gasteiger partial charge on any atom is -0.383 e. The van der Waals surface area contributed by atoms with Gasteiger partial charge in [0.15, 0.2) is 11.0 Å². The Bertz CT molecular complexity index is 819. The average molecular weight is 389 g/mol. The molecular weight excluding hydrogens is 368 g/mol. The molecule has 8 heteroatoms. The van der Waals surface area contributed by atoms with Crippen molar-refractivity contribution < 1.29 is 9.53 Å². The lowest BCUT2D eigenvalue weighted by molar-refractivity contribution is -0.118. The Morgan fingerprint density at radius 3 is 2.81 bits per heavy atom. The number of nitrogens with zero attached hydrogens (tertiary/aromatic N) is 3. The van der Waals surface area contributed by atoms with Gasteiger partial charge in [0.25, 0.3) is 0 Å². The van der Waals surface area contributed by atoms with Crippen LogP contribution in [0.15, 0.2) is 53.0 Å². The second kappa shape index (κ2) is 9.51. The van der Waals surface area contributed by atoms with E-state index in [2.05, 4.69) is 15.5 Å². The fourth-order valence-electron chi connectivity index (χ4n) is 2.36. The van der Waals surface area contributed by atoms with Gasteiger partial charge in [-0.05, 0) is 11.4 Å². The molecule has 3 rings (SSSR count). The van der Waals surface area contributed by atoms with Gasteiger partial charge in [0.1, 0.15) is 0 Å².